The maximum atomic E-state index is 13.2. The molecule has 3 aromatic rings. The van der Waals surface area contributed by atoms with E-state index in [9.17, 15) is 4.79 Å². The number of para-hydroxylation sites is 1. The summed E-state index contributed by atoms with van der Waals surface area (Å²) >= 11 is 0. The van der Waals surface area contributed by atoms with Crippen molar-refractivity contribution in [3.05, 3.63) is 53.7 Å². The van der Waals surface area contributed by atoms with Crippen LogP contribution in [0.5, 0.6) is 11.5 Å². The van der Waals surface area contributed by atoms with Crippen molar-refractivity contribution in [1.82, 2.24) is 15.1 Å². The molecule has 2 aromatic carbocycles. The van der Waals surface area contributed by atoms with E-state index >= 15 is 0 Å². The molecule has 1 N–H and O–H groups in total. The summed E-state index contributed by atoms with van der Waals surface area (Å²) in [5.41, 5.74) is 2.40. The number of benzene rings is 2. The smallest absolute Gasteiger partial charge is 0.275 e. The lowest BCUT2D eigenvalue weighted by atomic mass is 10.0. The lowest BCUT2D eigenvalue weighted by molar-refractivity contribution is 0.0731. The predicted molar refractivity (Wildman–Crippen MR) is 98.7 cm³/mol. The lowest BCUT2D eigenvalue weighted by Gasteiger charge is -2.25. The Morgan fingerprint density at radius 1 is 1.15 bits per heavy atom. The highest BCUT2D eigenvalue weighted by molar-refractivity contribution is 6.04. The molecule has 1 saturated heterocycles. The molecule has 2 heterocycles. The van der Waals surface area contributed by atoms with E-state index in [4.69, 9.17) is 9.47 Å². The number of carbonyl (C=O) groups is 1. The first-order valence-corrected chi connectivity index (χ1v) is 8.69. The molecule has 1 amide bonds. The van der Waals surface area contributed by atoms with Gasteiger partial charge in [0.2, 0.25) is 0 Å². The van der Waals surface area contributed by atoms with E-state index in [1.807, 2.05) is 47.4 Å². The molecular weight excluding hydrogens is 330 g/mol. The van der Waals surface area contributed by atoms with E-state index in [0.29, 0.717) is 17.2 Å². The summed E-state index contributed by atoms with van der Waals surface area (Å²) in [6, 6.07) is 13.6. The number of aromatic amines is 1. The summed E-state index contributed by atoms with van der Waals surface area (Å²) in [5.74, 6) is 1.32. The Kier molecular flexibility index (Phi) is 4.24. The molecule has 0 saturated carbocycles. The van der Waals surface area contributed by atoms with Crippen LogP contribution in [-0.4, -0.2) is 41.8 Å². The van der Waals surface area contributed by atoms with Gasteiger partial charge < -0.3 is 14.4 Å². The highest BCUT2D eigenvalue weighted by atomic mass is 16.5. The van der Waals surface area contributed by atoms with Crippen molar-refractivity contribution in [1.29, 1.82) is 0 Å². The summed E-state index contributed by atoms with van der Waals surface area (Å²) in [6.07, 6.45) is 1.89. The van der Waals surface area contributed by atoms with Crippen LogP contribution < -0.4 is 9.47 Å². The van der Waals surface area contributed by atoms with Crippen LogP contribution in [0.2, 0.25) is 0 Å². The molecule has 1 aliphatic rings. The van der Waals surface area contributed by atoms with Gasteiger partial charge in [-0.3, -0.25) is 9.89 Å². The number of amides is 1. The van der Waals surface area contributed by atoms with E-state index < -0.39 is 0 Å². The largest absolute Gasteiger partial charge is 0.493 e. The number of methoxy groups -OCH3 is 2. The maximum absolute atomic E-state index is 13.2. The van der Waals surface area contributed by atoms with Gasteiger partial charge in [0.05, 0.1) is 25.8 Å². The first-order valence-electron chi connectivity index (χ1n) is 8.69. The molecule has 1 fully saturated rings. The zero-order valence-corrected chi connectivity index (χ0v) is 14.9. The minimum atomic E-state index is -0.0419. The van der Waals surface area contributed by atoms with Crippen molar-refractivity contribution < 1.29 is 14.3 Å². The topological polar surface area (TPSA) is 67.5 Å². The fourth-order valence-corrected chi connectivity index (χ4v) is 3.68. The van der Waals surface area contributed by atoms with Gasteiger partial charge in [-0.05, 0) is 36.6 Å². The number of nitrogens with one attached hydrogen (secondary N) is 1. The average Bonchev–Trinajstić information content (AvgIpc) is 3.34. The van der Waals surface area contributed by atoms with Crippen molar-refractivity contribution in [2.45, 2.75) is 18.9 Å². The Bertz CT molecular complexity index is 950. The quantitative estimate of drug-likeness (QED) is 0.780. The third-order valence-corrected chi connectivity index (χ3v) is 4.98. The van der Waals surface area contributed by atoms with Gasteiger partial charge in [-0.15, -0.1) is 0 Å². The van der Waals surface area contributed by atoms with Crippen LogP contribution in [0.25, 0.3) is 10.9 Å². The molecular formula is C20H21N3O3. The highest BCUT2D eigenvalue weighted by Gasteiger charge is 2.33. The van der Waals surface area contributed by atoms with Crippen LogP contribution in [0.15, 0.2) is 42.5 Å². The number of H-pyrrole nitrogens is 1. The summed E-state index contributed by atoms with van der Waals surface area (Å²) in [4.78, 5) is 15.1. The number of nitrogens with zero attached hydrogens (tertiary/aromatic N) is 2. The monoisotopic (exact) mass is 351 g/mol. The molecule has 0 aliphatic carbocycles. The van der Waals surface area contributed by atoms with Crippen LogP contribution in [0.3, 0.4) is 0 Å². The van der Waals surface area contributed by atoms with Gasteiger partial charge in [-0.1, -0.05) is 24.3 Å². The fraction of sp³-hybridized carbons (Fsp3) is 0.300. The summed E-state index contributed by atoms with van der Waals surface area (Å²) < 4.78 is 10.7. The molecule has 4 rings (SSSR count). The molecule has 1 aromatic heterocycles. The van der Waals surface area contributed by atoms with Gasteiger partial charge in [0.15, 0.2) is 17.2 Å². The summed E-state index contributed by atoms with van der Waals surface area (Å²) in [6.45, 7) is 0.721. The number of hydrogen-bond acceptors (Lipinski definition) is 4. The Morgan fingerprint density at radius 2 is 1.96 bits per heavy atom. The van der Waals surface area contributed by atoms with Gasteiger partial charge in [-0.25, -0.2) is 0 Å². The minimum Gasteiger partial charge on any atom is -0.493 e. The number of ether oxygens (including phenoxy) is 2. The Hall–Kier alpha value is -3.02. The first-order chi connectivity index (χ1) is 12.7. The van der Waals surface area contributed by atoms with E-state index in [0.717, 1.165) is 35.9 Å². The molecule has 6 nitrogen and oxygen atoms in total. The van der Waals surface area contributed by atoms with Gasteiger partial charge in [0, 0.05) is 11.9 Å². The van der Waals surface area contributed by atoms with Gasteiger partial charge in [0.1, 0.15) is 0 Å². The Morgan fingerprint density at radius 3 is 2.77 bits per heavy atom. The fourth-order valence-electron chi connectivity index (χ4n) is 3.68. The second kappa shape index (κ2) is 6.71. The molecule has 0 unspecified atom stereocenters. The van der Waals surface area contributed by atoms with Gasteiger partial charge in [0.25, 0.3) is 5.91 Å². The molecule has 134 valence electrons. The van der Waals surface area contributed by atoms with E-state index in [2.05, 4.69) is 10.2 Å². The third-order valence-electron chi connectivity index (χ3n) is 4.98. The van der Waals surface area contributed by atoms with Crippen LogP contribution in [0.4, 0.5) is 0 Å². The van der Waals surface area contributed by atoms with Crippen LogP contribution in [-0.2, 0) is 0 Å². The number of rotatable bonds is 4. The molecule has 6 heteroatoms. The van der Waals surface area contributed by atoms with Crippen LogP contribution >= 0.6 is 0 Å². The average molecular weight is 351 g/mol. The third kappa shape index (κ3) is 2.67. The van der Waals surface area contributed by atoms with E-state index in [-0.39, 0.29) is 11.9 Å². The minimum absolute atomic E-state index is 0.0118. The first kappa shape index (κ1) is 16.4. The zero-order chi connectivity index (χ0) is 18.1. The summed E-state index contributed by atoms with van der Waals surface area (Å²) in [5, 5.41) is 8.07. The number of hydrogen-bond donors (Lipinski definition) is 1. The summed E-state index contributed by atoms with van der Waals surface area (Å²) in [7, 11) is 3.24. The molecule has 1 atom stereocenters. The Labute approximate surface area is 151 Å². The van der Waals surface area contributed by atoms with Gasteiger partial charge in [-0.2, -0.15) is 5.10 Å². The second-order valence-electron chi connectivity index (χ2n) is 6.39. The number of likely N-dealkylation sites (tertiary alicyclic amines) is 1. The van der Waals surface area contributed by atoms with Crippen molar-refractivity contribution in [2.75, 3.05) is 20.8 Å². The second-order valence-corrected chi connectivity index (χ2v) is 6.39. The molecule has 0 radical (unpaired) electrons. The standard InChI is InChI=1S/C20H21N3O3/c1-25-17-10-9-13(12-18(17)26-2)16-8-5-11-23(16)20(24)19-14-6-3-4-7-15(14)21-22-19/h3-4,6-7,9-10,12,16H,5,8,11H2,1-2H3,(H,21,22)/t16-/m1/s1. The number of fused-ring (bicyclic) bond motifs is 1. The molecule has 0 bridgehead atoms. The SMILES string of the molecule is COc1ccc([C@H]2CCCN2C(=O)c2n[nH]c3ccccc23)cc1OC. The predicted octanol–water partition coefficient (Wildman–Crippen LogP) is 3.56. The van der Waals surface area contributed by atoms with E-state index in [1.165, 1.54) is 0 Å². The zero-order valence-electron chi connectivity index (χ0n) is 14.9. The molecule has 26 heavy (non-hydrogen) atoms. The number of aromatic nitrogens is 2. The number of carbonyl (C=O) groups excluding carboxylic acids is 1. The molecule has 0 spiro atoms. The van der Waals surface area contributed by atoms with Crippen LogP contribution in [0.1, 0.15) is 34.9 Å². The van der Waals surface area contributed by atoms with Crippen molar-refractivity contribution >= 4 is 16.8 Å². The lowest BCUT2D eigenvalue weighted by Crippen LogP contribution is -2.31. The van der Waals surface area contributed by atoms with Crippen molar-refractivity contribution in [3.8, 4) is 11.5 Å². The maximum Gasteiger partial charge on any atom is 0.275 e. The van der Waals surface area contributed by atoms with Crippen LogP contribution in [0, 0.1) is 0 Å². The van der Waals surface area contributed by atoms with E-state index in [1.54, 1.807) is 14.2 Å². The molecule has 1 aliphatic heterocycles. The van der Waals surface area contributed by atoms with Crippen molar-refractivity contribution in [2.24, 2.45) is 0 Å². The Balaban J connectivity index is 1.67. The van der Waals surface area contributed by atoms with Crippen molar-refractivity contribution in [3.63, 3.8) is 0 Å². The highest BCUT2D eigenvalue weighted by Crippen LogP contribution is 2.37. The van der Waals surface area contributed by atoms with Gasteiger partial charge >= 0.3 is 0 Å². The normalized spacial score (nSPS) is 16.8.